The molecule has 0 fully saturated rings. The van der Waals surface area contributed by atoms with Gasteiger partial charge in [0.05, 0.1) is 0 Å². The smallest absolute Gasteiger partial charge is 0.158 e. The van der Waals surface area contributed by atoms with E-state index in [9.17, 15) is 0 Å². The zero-order valence-electron chi connectivity index (χ0n) is 12.1. The highest BCUT2D eigenvalue weighted by Crippen LogP contribution is 2.19. The first-order valence-electron chi connectivity index (χ1n) is 6.63. The SMILES string of the molecule is CCOCc1nc(N)cc(Nc2cc(C)cc(C)c2)n1. The molecule has 0 saturated heterocycles. The predicted octanol–water partition coefficient (Wildman–Crippen LogP) is 2.96. The molecule has 0 aliphatic rings. The molecule has 2 rings (SSSR count). The number of nitrogens with one attached hydrogen (secondary N) is 1. The number of nitrogens with two attached hydrogens (primary N) is 1. The molecule has 1 aromatic heterocycles. The van der Waals surface area contributed by atoms with Crippen LogP contribution in [0.2, 0.25) is 0 Å². The average Bonchev–Trinajstić information content (AvgIpc) is 2.34. The number of aromatic nitrogens is 2. The van der Waals surface area contributed by atoms with E-state index in [4.69, 9.17) is 10.5 Å². The molecule has 5 heteroatoms. The summed E-state index contributed by atoms with van der Waals surface area (Å²) in [7, 11) is 0. The molecular formula is C15H20N4O. The first-order chi connectivity index (χ1) is 9.56. The van der Waals surface area contributed by atoms with Crippen LogP contribution in [0.25, 0.3) is 0 Å². The Bertz CT molecular complexity index is 578. The van der Waals surface area contributed by atoms with E-state index in [1.165, 1.54) is 11.1 Å². The van der Waals surface area contributed by atoms with Gasteiger partial charge in [-0.15, -0.1) is 0 Å². The number of hydrogen-bond donors (Lipinski definition) is 2. The minimum absolute atomic E-state index is 0.364. The number of benzene rings is 1. The highest BCUT2D eigenvalue weighted by molar-refractivity contribution is 5.60. The van der Waals surface area contributed by atoms with Crippen LogP contribution in [0.5, 0.6) is 0 Å². The third kappa shape index (κ3) is 3.93. The maximum Gasteiger partial charge on any atom is 0.158 e. The molecule has 2 aromatic rings. The Morgan fingerprint density at radius 3 is 2.45 bits per heavy atom. The summed E-state index contributed by atoms with van der Waals surface area (Å²) >= 11 is 0. The Hall–Kier alpha value is -2.14. The zero-order chi connectivity index (χ0) is 14.5. The maximum absolute atomic E-state index is 5.80. The fraction of sp³-hybridized carbons (Fsp3) is 0.333. The van der Waals surface area contributed by atoms with E-state index in [0.29, 0.717) is 30.7 Å². The second kappa shape index (κ2) is 6.34. The number of aryl methyl sites for hydroxylation is 2. The van der Waals surface area contributed by atoms with Crippen LogP contribution in [-0.4, -0.2) is 16.6 Å². The van der Waals surface area contributed by atoms with E-state index >= 15 is 0 Å². The van der Waals surface area contributed by atoms with Crippen molar-refractivity contribution in [2.75, 3.05) is 17.7 Å². The van der Waals surface area contributed by atoms with Gasteiger partial charge in [0, 0.05) is 18.4 Å². The van der Waals surface area contributed by atoms with Gasteiger partial charge in [-0.3, -0.25) is 0 Å². The van der Waals surface area contributed by atoms with Crippen molar-refractivity contribution in [3.8, 4) is 0 Å². The van der Waals surface area contributed by atoms with Crippen molar-refractivity contribution in [1.82, 2.24) is 9.97 Å². The van der Waals surface area contributed by atoms with Crippen molar-refractivity contribution in [3.05, 3.63) is 41.2 Å². The first kappa shape index (κ1) is 14.3. The van der Waals surface area contributed by atoms with E-state index in [1.807, 2.05) is 6.92 Å². The molecule has 106 valence electrons. The lowest BCUT2D eigenvalue weighted by molar-refractivity contribution is 0.128. The van der Waals surface area contributed by atoms with Crippen molar-refractivity contribution >= 4 is 17.3 Å². The summed E-state index contributed by atoms with van der Waals surface area (Å²) < 4.78 is 5.31. The Morgan fingerprint density at radius 1 is 1.10 bits per heavy atom. The molecule has 3 N–H and O–H groups in total. The molecule has 0 aliphatic heterocycles. The topological polar surface area (TPSA) is 73.1 Å². The van der Waals surface area contributed by atoms with Gasteiger partial charge in [-0.25, -0.2) is 9.97 Å². The number of ether oxygens (including phenoxy) is 1. The summed E-state index contributed by atoms with van der Waals surface area (Å²) in [5.74, 6) is 1.69. The van der Waals surface area contributed by atoms with Crippen LogP contribution in [-0.2, 0) is 11.3 Å². The van der Waals surface area contributed by atoms with Crippen molar-refractivity contribution in [2.24, 2.45) is 0 Å². The summed E-state index contributed by atoms with van der Waals surface area (Å²) in [5.41, 5.74) is 9.18. The van der Waals surface area contributed by atoms with Gasteiger partial charge in [-0.1, -0.05) is 6.07 Å². The summed E-state index contributed by atoms with van der Waals surface area (Å²) in [4.78, 5) is 8.55. The van der Waals surface area contributed by atoms with Crippen molar-refractivity contribution in [1.29, 1.82) is 0 Å². The number of nitrogens with zero attached hydrogens (tertiary/aromatic N) is 2. The van der Waals surface area contributed by atoms with Crippen LogP contribution in [0.1, 0.15) is 23.9 Å². The minimum atomic E-state index is 0.364. The molecule has 0 radical (unpaired) electrons. The third-order valence-corrected chi connectivity index (χ3v) is 2.72. The maximum atomic E-state index is 5.80. The number of hydrogen-bond acceptors (Lipinski definition) is 5. The molecule has 0 amide bonds. The highest BCUT2D eigenvalue weighted by atomic mass is 16.5. The fourth-order valence-corrected chi connectivity index (χ4v) is 2.03. The Morgan fingerprint density at radius 2 is 1.80 bits per heavy atom. The van der Waals surface area contributed by atoms with Gasteiger partial charge >= 0.3 is 0 Å². The van der Waals surface area contributed by atoms with Gasteiger partial charge in [-0.05, 0) is 44.0 Å². The van der Waals surface area contributed by atoms with Crippen LogP contribution < -0.4 is 11.1 Å². The van der Waals surface area contributed by atoms with Gasteiger partial charge in [0.2, 0.25) is 0 Å². The van der Waals surface area contributed by atoms with Crippen LogP contribution in [0.3, 0.4) is 0 Å². The third-order valence-electron chi connectivity index (χ3n) is 2.72. The Balaban J connectivity index is 2.21. The van der Waals surface area contributed by atoms with Gasteiger partial charge in [0.1, 0.15) is 18.2 Å². The molecule has 1 heterocycles. The van der Waals surface area contributed by atoms with E-state index in [2.05, 4.69) is 47.3 Å². The van der Waals surface area contributed by atoms with E-state index in [1.54, 1.807) is 6.07 Å². The fourth-order valence-electron chi connectivity index (χ4n) is 2.03. The molecule has 5 nitrogen and oxygen atoms in total. The predicted molar refractivity (Wildman–Crippen MR) is 81.0 cm³/mol. The monoisotopic (exact) mass is 272 g/mol. The minimum Gasteiger partial charge on any atom is -0.384 e. The van der Waals surface area contributed by atoms with Gasteiger partial charge in [0.25, 0.3) is 0 Å². The zero-order valence-corrected chi connectivity index (χ0v) is 12.1. The highest BCUT2D eigenvalue weighted by Gasteiger charge is 2.04. The number of anilines is 3. The summed E-state index contributed by atoms with van der Waals surface area (Å²) in [6.07, 6.45) is 0. The lowest BCUT2D eigenvalue weighted by Crippen LogP contribution is -2.05. The van der Waals surface area contributed by atoms with Crippen LogP contribution in [0, 0.1) is 13.8 Å². The molecule has 0 atom stereocenters. The van der Waals surface area contributed by atoms with Crippen LogP contribution >= 0.6 is 0 Å². The van der Waals surface area contributed by atoms with Gasteiger partial charge in [0.15, 0.2) is 5.82 Å². The summed E-state index contributed by atoms with van der Waals surface area (Å²) in [6.45, 7) is 7.04. The van der Waals surface area contributed by atoms with Crippen molar-refractivity contribution in [3.63, 3.8) is 0 Å². The Labute approximate surface area is 119 Å². The standard InChI is InChI=1S/C15H20N4O/c1-4-20-9-15-18-13(16)8-14(19-15)17-12-6-10(2)5-11(3)7-12/h5-8H,4,9H2,1-3H3,(H3,16,17,18,19). The molecule has 0 aliphatic carbocycles. The second-order valence-electron chi connectivity index (χ2n) is 4.73. The summed E-state index contributed by atoms with van der Waals surface area (Å²) in [5, 5.41) is 3.26. The van der Waals surface area contributed by atoms with Crippen LogP contribution in [0.15, 0.2) is 24.3 Å². The molecule has 0 bridgehead atoms. The lowest BCUT2D eigenvalue weighted by atomic mass is 10.1. The second-order valence-corrected chi connectivity index (χ2v) is 4.73. The number of rotatable bonds is 5. The van der Waals surface area contributed by atoms with E-state index < -0.39 is 0 Å². The Kier molecular flexibility index (Phi) is 4.53. The van der Waals surface area contributed by atoms with Crippen molar-refractivity contribution < 1.29 is 4.74 Å². The van der Waals surface area contributed by atoms with E-state index in [-0.39, 0.29) is 0 Å². The lowest BCUT2D eigenvalue weighted by Gasteiger charge is -2.10. The molecule has 1 aromatic carbocycles. The number of nitrogen functional groups attached to an aromatic ring is 1. The molecular weight excluding hydrogens is 252 g/mol. The molecule has 0 saturated carbocycles. The quantitative estimate of drug-likeness (QED) is 0.875. The van der Waals surface area contributed by atoms with Gasteiger partial charge < -0.3 is 15.8 Å². The molecule has 0 unspecified atom stereocenters. The normalized spacial score (nSPS) is 10.6. The largest absolute Gasteiger partial charge is 0.384 e. The average molecular weight is 272 g/mol. The molecule has 0 spiro atoms. The first-order valence-corrected chi connectivity index (χ1v) is 6.63. The van der Waals surface area contributed by atoms with E-state index in [0.717, 1.165) is 5.69 Å². The van der Waals surface area contributed by atoms with Gasteiger partial charge in [-0.2, -0.15) is 0 Å². The van der Waals surface area contributed by atoms with Crippen LogP contribution in [0.4, 0.5) is 17.3 Å². The molecule has 20 heavy (non-hydrogen) atoms. The van der Waals surface area contributed by atoms with Crippen molar-refractivity contribution in [2.45, 2.75) is 27.4 Å². The summed E-state index contributed by atoms with van der Waals surface area (Å²) in [6, 6.07) is 7.97.